The van der Waals surface area contributed by atoms with Gasteiger partial charge in [0, 0.05) is 6.20 Å². The van der Waals surface area contributed by atoms with Gasteiger partial charge in [-0.1, -0.05) is 54.6 Å². The van der Waals surface area contributed by atoms with Gasteiger partial charge in [0.1, 0.15) is 34.7 Å². The summed E-state index contributed by atoms with van der Waals surface area (Å²) < 4.78 is 59.6. The summed E-state index contributed by atoms with van der Waals surface area (Å²) in [6, 6.07) is 20.8. The Morgan fingerprint density at radius 3 is 2.30 bits per heavy atom. The van der Waals surface area contributed by atoms with E-state index in [-0.39, 0.29) is 19.0 Å². The number of benzene rings is 3. The van der Waals surface area contributed by atoms with Gasteiger partial charge in [0.15, 0.2) is 0 Å². The lowest BCUT2D eigenvalue weighted by Gasteiger charge is -2.34. The zero-order chi connectivity index (χ0) is 31.0. The molecule has 1 aromatic heterocycles. The molecule has 1 fully saturated rings. The van der Waals surface area contributed by atoms with Crippen LogP contribution in [0.25, 0.3) is 21.6 Å². The predicted octanol–water partition coefficient (Wildman–Crippen LogP) is 9.12. The minimum absolute atomic E-state index is 0.0137. The molecule has 0 bridgehead atoms. The van der Waals surface area contributed by atoms with Gasteiger partial charge >= 0.3 is 12.3 Å². The number of halogens is 3. The molecule has 43 heavy (non-hydrogen) atoms. The van der Waals surface area contributed by atoms with E-state index in [4.69, 9.17) is 14.2 Å². The molecular formula is C33H33F3N2O4S. The van der Waals surface area contributed by atoms with Crippen LogP contribution in [0.4, 0.5) is 18.0 Å². The highest BCUT2D eigenvalue weighted by molar-refractivity contribution is 7.15. The number of carbonyl (C=O) groups excluding carboxylic acids is 1. The van der Waals surface area contributed by atoms with Crippen LogP contribution in [0.1, 0.15) is 56.8 Å². The van der Waals surface area contributed by atoms with Crippen molar-refractivity contribution >= 4 is 17.4 Å². The van der Waals surface area contributed by atoms with Crippen molar-refractivity contribution in [3.8, 4) is 27.3 Å². The summed E-state index contributed by atoms with van der Waals surface area (Å²) in [5.41, 5.74) is 0.633. The Hall–Kier alpha value is -3.89. The van der Waals surface area contributed by atoms with Crippen molar-refractivity contribution in [1.82, 2.24) is 9.88 Å². The highest BCUT2D eigenvalue weighted by atomic mass is 32.1. The van der Waals surface area contributed by atoms with Gasteiger partial charge in [-0.05, 0) is 75.1 Å². The predicted molar refractivity (Wildman–Crippen MR) is 160 cm³/mol. The summed E-state index contributed by atoms with van der Waals surface area (Å²) >= 11 is 1.21. The van der Waals surface area contributed by atoms with Gasteiger partial charge in [-0.15, -0.1) is 11.3 Å². The first-order valence-electron chi connectivity index (χ1n) is 13.8. The standard InChI is InChI=1S/C33H33F3N2O4S/c1-31(2,3)42-30(39)38-26(20-41-32(38,4)5)29-37-18-28(43-29)24-15-16-27(25(17-24)33(34,35)36)40-19-21-11-13-23(14-12-21)22-9-7-6-8-10-22/h6-18,26H,19-20H2,1-5H3/t26-/m0/s1. The van der Waals surface area contributed by atoms with E-state index in [0.717, 1.165) is 22.8 Å². The van der Waals surface area contributed by atoms with E-state index in [9.17, 15) is 18.0 Å². The van der Waals surface area contributed by atoms with Gasteiger partial charge in [0.05, 0.1) is 17.0 Å². The maximum Gasteiger partial charge on any atom is 0.419 e. The largest absolute Gasteiger partial charge is 0.488 e. The van der Waals surface area contributed by atoms with Crippen molar-refractivity contribution in [3.63, 3.8) is 0 Å². The number of aromatic nitrogens is 1. The fraction of sp³-hybridized carbons (Fsp3) is 0.333. The second-order valence-corrected chi connectivity index (χ2v) is 12.8. The smallest absolute Gasteiger partial charge is 0.419 e. The third-order valence-electron chi connectivity index (χ3n) is 6.91. The fourth-order valence-corrected chi connectivity index (χ4v) is 5.82. The maximum atomic E-state index is 14.2. The average molecular weight is 611 g/mol. The second kappa shape index (κ2) is 11.7. The van der Waals surface area contributed by atoms with Crippen molar-refractivity contribution in [2.45, 2.75) is 64.8 Å². The third kappa shape index (κ3) is 7.02. The van der Waals surface area contributed by atoms with E-state index < -0.39 is 35.2 Å². The maximum absolute atomic E-state index is 14.2. The minimum Gasteiger partial charge on any atom is -0.488 e. The summed E-state index contributed by atoms with van der Waals surface area (Å²) in [4.78, 5) is 19.5. The van der Waals surface area contributed by atoms with E-state index in [0.29, 0.717) is 15.4 Å². The number of ether oxygens (including phenoxy) is 3. The van der Waals surface area contributed by atoms with Crippen LogP contribution >= 0.6 is 11.3 Å². The van der Waals surface area contributed by atoms with Crippen LogP contribution in [0.5, 0.6) is 5.75 Å². The lowest BCUT2D eigenvalue weighted by Crippen LogP contribution is -2.47. The van der Waals surface area contributed by atoms with Crippen molar-refractivity contribution in [3.05, 3.63) is 95.1 Å². The Kier molecular flexibility index (Phi) is 8.28. The molecule has 4 aromatic rings. The zero-order valence-corrected chi connectivity index (χ0v) is 25.4. The van der Waals surface area contributed by atoms with E-state index in [1.807, 2.05) is 54.6 Å². The summed E-state index contributed by atoms with van der Waals surface area (Å²) in [7, 11) is 0. The van der Waals surface area contributed by atoms with Gasteiger partial charge in [-0.2, -0.15) is 13.2 Å². The minimum atomic E-state index is -4.63. The van der Waals surface area contributed by atoms with Gasteiger partial charge in [-0.3, -0.25) is 4.90 Å². The van der Waals surface area contributed by atoms with Crippen LogP contribution < -0.4 is 4.74 Å². The number of hydrogen-bond acceptors (Lipinski definition) is 6. The molecule has 1 aliphatic heterocycles. The summed E-state index contributed by atoms with van der Waals surface area (Å²) in [5, 5.41) is 0.541. The molecule has 226 valence electrons. The molecule has 0 saturated carbocycles. The Morgan fingerprint density at radius 1 is 1.00 bits per heavy atom. The number of carbonyl (C=O) groups is 1. The second-order valence-electron chi connectivity index (χ2n) is 11.7. The molecule has 2 heterocycles. The molecule has 0 unspecified atom stereocenters. The van der Waals surface area contributed by atoms with Crippen LogP contribution in [0.2, 0.25) is 0 Å². The first-order valence-corrected chi connectivity index (χ1v) is 14.6. The number of alkyl halides is 3. The van der Waals surface area contributed by atoms with Crippen LogP contribution in [0.3, 0.4) is 0 Å². The van der Waals surface area contributed by atoms with E-state index in [2.05, 4.69) is 4.98 Å². The molecular weight excluding hydrogens is 577 g/mol. The Balaban J connectivity index is 1.35. The highest BCUT2D eigenvalue weighted by Gasteiger charge is 2.47. The van der Waals surface area contributed by atoms with Gasteiger partial charge in [-0.25, -0.2) is 9.78 Å². The zero-order valence-electron chi connectivity index (χ0n) is 24.6. The lowest BCUT2D eigenvalue weighted by molar-refractivity contribution is -0.139. The normalized spacial score (nSPS) is 16.7. The SMILES string of the molecule is CC(C)(C)OC(=O)N1[C@H](c2ncc(-c3ccc(OCc4ccc(-c5ccccc5)cc4)c(C(F)(F)F)c3)s2)COC1(C)C. The quantitative estimate of drug-likeness (QED) is 0.218. The molecule has 6 nitrogen and oxygen atoms in total. The topological polar surface area (TPSA) is 60.9 Å². The molecule has 3 aromatic carbocycles. The Bertz CT molecular complexity index is 1580. The first kappa shape index (κ1) is 30.6. The van der Waals surface area contributed by atoms with E-state index in [1.165, 1.54) is 28.5 Å². The molecule has 0 radical (unpaired) electrons. The molecule has 0 aliphatic carbocycles. The van der Waals surface area contributed by atoms with Crippen molar-refractivity contribution < 1.29 is 32.2 Å². The summed E-state index contributed by atoms with van der Waals surface area (Å²) in [6.45, 7) is 9.02. The number of nitrogens with zero attached hydrogens (tertiary/aromatic N) is 2. The Labute approximate surface area is 253 Å². The average Bonchev–Trinajstić information content (AvgIpc) is 3.55. The molecule has 1 amide bonds. The molecule has 1 saturated heterocycles. The van der Waals surface area contributed by atoms with Gasteiger partial charge in [0.2, 0.25) is 0 Å². The van der Waals surface area contributed by atoms with Crippen molar-refractivity contribution in [1.29, 1.82) is 0 Å². The van der Waals surface area contributed by atoms with Crippen LogP contribution in [0, 0.1) is 0 Å². The van der Waals surface area contributed by atoms with Crippen molar-refractivity contribution in [2.75, 3.05) is 6.61 Å². The Morgan fingerprint density at radius 2 is 1.65 bits per heavy atom. The number of thiazole rings is 1. The summed E-state index contributed by atoms with van der Waals surface area (Å²) in [6.07, 6.45) is -3.66. The first-order chi connectivity index (χ1) is 20.2. The van der Waals surface area contributed by atoms with Crippen molar-refractivity contribution in [2.24, 2.45) is 0 Å². The van der Waals surface area contributed by atoms with Gasteiger partial charge < -0.3 is 14.2 Å². The monoisotopic (exact) mass is 610 g/mol. The van der Waals surface area contributed by atoms with E-state index >= 15 is 0 Å². The van der Waals surface area contributed by atoms with Gasteiger partial charge in [0.25, 0.3) is 0 Å². The molecule has 1 aliphatic rings. The molecule has 0 spiro atoms. The third-order valence-corrected chi connectivity index (χ3v) is 8.06. The highest BCUT2D eigenvalue weighted by Crippen LogP contribution is 2.43. The molecule has 0 N–H and O–H groups in total. The number of rotatable bonds is 6. The molecule has 5 rings (SSSR count). The van der Waals surface area contributed by atoms with Crippen LogP contribution in [0.15, 0.2) is 79.0 Å². The fourth-order valence-electron chi connectivity index (χ4n) is 4.83. The number of amides is 1. The van der Waals surface area contributed by atoms with Crippen LogP contribution in [-0.4, -0.2) is 33.9 Å². The lowest BCUT2D eigenvalue weighted by atomic mass is 10.0. The van der Waals surface area contributed by atoms with Crippen LogP contribution in [-0.2, 0) is 22.3 Å². The molecule has 10 heteroatoms. The van der Waals surface area contributed by atoms with E-state index in [1.54, 1.807) is 40.7 Å². The molecule has 1 atom stereocenters. The summed E-state index contributed by atoms with van der Waals surface area (Å²) in [5.74, 6) is -0.254. The number of hydrogen-bond donors (Lipinski definition) is 0.